The Morgan fingerprint density at radius 2 is 1.90 bits per heavy atom. The summed E-state index contributed by atoms with van der Waals surface area (Å²) in [5.41, 5.74) is 0.105. The molecule has 1 aromatic rings. The monoisotopic (exact) mass is 280 g/mol. The lowest BCUT2D eigenvalue weighted by atomic mass is 10.1. The molecule has 0 saturated carbocycles. The number of hydrogen-bond acceptors (Lipinski definition) is 4. The van der Waals surface area contributed by atoms with Crippen molar-refractivity contribution in [1.29, 1.82) is 0 Å². The van der Waals surface area contributed by atoms with Gasteiger partial charge < -0.3 is 10.0 Å². The summed E-state index contributed by atoms with van der Waals surface area (Å²) in [4.78, 5) is 34.4. The van der Waals surface area contributed by atoms with Crippen molar-refractivity contribution < 1.29 is 19.6 Å². The van der Waals surface area contributed by atoms with Crippen molar-refractivity contribution in [3.63, 3.8) is 0 Å². The molecule has 0 aromatic heterocycles. The van der Waals surface area contributed by atoms with Gasteiger partial charge in [-0.05, 0) is 18.6 Å². The van der Waals surface area contributed by atoms with Crippen LogP contribution in [0.2, 0.25) is 0 Å². The molecule has 1 N–H and O–H groups in total. The van der Waals surface area contributed by atoms with Crippen LogP contribution in [0.4, 0.5) is 5.69 Å². The first-order valence-corrected chi connectivity index (χ1v) is 6.13. The van der Waals surface area contributed by atoms with Gasteiger partial charge >= 0.3 is 5.97 Å². The Hall–Kier alpha value is -2.44. The highest BCUT2D eigenvalue weighted by molar-refractivity contribution is 5.96. The number of amides is 1. The van der Waals surface area contributed by atoms with Gasteiger partial charge in [-0.2, -0.15) is 0 Å². The number of nitro benzene ring substituents is 1. The van der Waals surface area contributed by atoms with Gasteiger partial charge in [-0.3, -0.25) is 14.9 Å². The molecule has 1 aromatic carbocycles. The summed E-state index contributed by atoms with van der Waals surface area (Å²) < 4.78 is 0. The number of carbonyl (C=O) groups is 2. The molecule has 7 heteroatoms. The normalized spacial score (nSPS) is 11.7. The van der Waals surface area contributed by atoms with E-state index in [2.05, 4.69) is 0 Å². The van der Waals surface area contributed by atoms with Crippen LogP contribution in [0, 0.1) is 10.1 Å². The van der Waals surface area contributed by atoms with Crippen LogP contribution in [0.15, 0.2) is 24.3 Å². The van der Waals surface area contributed by atoms with Gasteiger partial charge in [-0.25, -0.2) is 4.79 Å². The van der Waals surface area contributed by atoms with Gasteiger partial charge in [0.1, 0.15) is 6.04 Å². The minimum atomic E-state index is -1.07. The molecule has 7 nitrogen and oxygen atoms in total. The minimum absolute atomic E-state index is 0.118. The zero-order chi connectivity index (χ0) is 15.3. The Labute approximate surface area is 116 Å². The maximum atomic E-state index is 12.1. The molecule has 0 fully saturated rings. The van der Waals surface area contributed by atoms with Crippen LogP contribution < -0.4 is 0 Å². The number of nitro groups is 1. The molecule has 1 amide bonds. The molecule has 0 unspecified atom stereocenters. The van der Waals surface area contributed by atoms with E-state index in [4.69, 9.17) is 5.11 Å². The van der Waals surface area contributed by atoms with Gasteiger partial charge in [0.2, 0.25) is 0 Å². The van der Waals surface area contributed by atoms with E-state index in [1.165, 1.54) is 31.3 Å². The van der Waals surface area contributed by atoms with Crippen LogP contribution in [0.3, 0.4) is 0 Å². The van der Waals surface area contributed by atoms with Gasteiger partial charge in [0.15, 0.2) is 0 Å². The molecule has 20 heavy (non-hydrogen) atoms. The molecule has 0 aliphatic carbocycles. The van der Waals surface area contributed by atoms with Crippen molar-refractivity contribution in [2.45, 2.75) is 25.8 Å². The van der Waals surface area contributed by atoms with Gasteiger partial charge in [-0.1, -0.05) is 13.3 Å². The van der Waals surface area contributed by atoms with Crippen molar-refractivity contribution in [1.82, 2.24) is 4.90 Å². The standard InChI is InChI=1S/C13H16N2O5/c1-3-4-11(13(17)18)14(2)12(16)9-5-7-10(8-6-9)15(19)20/h5-8,11H,3-4H2,1-2H3,(H,17,18)/t11-/m0/s1. The zero-order valence-electron chi connectivity index (χ0n) is 11.3. The van der Waals surface area contributed by atoms with Crippen LogP contribution in [-0.4, -0.2) is 39.9 Å². The smallest absolute Gasteiger partial charge is 0.326 e. The summed E-state index contributed by atoms with van der Waals surface area (Å²) in [5, 5.41) is 19.6. The quantitative estimate of drug-likeness (QED) is 0.633. The lowest BCUT2D eigenvalue weighted by Crippen LogP contribution is -2.42. The Morgan fingerprint density at radius 1 is 1.35 bits per heavy atom. The topological polar surface area (TPSA) is 101 Å². The maximum Gasteiger partial charge on any atom is 0.326 e. The Balaban J connectivity index is 2.92. The first-order valence-electron chi connectivity index (χ1n) is 6.13. The third-order valence-corrected chi connectivity index (χ3v) is 2.96. The fourth-order valence-corrected chi connectivity index (χ4v) is 1.83. The van der Waals surface area contributed by atoms with Gasteiger partial charge in [0.05, 0.1) is 4.92 Å². The number of non-ortho nitro benzene ring substituents is 1. The maximum absolute atomic E-state index is 12.1. The molecule has 1 atom stereocenters. The second-order valence-corrected chi connectivity index (χ2v) is 4.36. The molecule has 108 valence electrons. The van der Waals surface area contributed by atoms with Crippen LogP contribution in [0.5, 0.6) is 0 Å². The Bertz CT molecular complexity index is 512. The van der Waals surface area contributed by atoms with E-state index < -0.39 is 22.8 Å². The molecule has 0 aliphatic rings. The molecule has 0 bridgehead atoms. The van der Waals surface area contributed by atoms with Gasteiger partial charge in [0, 0.05) is 24.7 Å². The van der Waals surface area contributed by atoms with E-state index >= 15 is 0 Å². The third kappa shape index (κ3) is 3.53. The molecule has 0 spiro atoms. The first-order chi connectivity index (χ1) is 9.38. The van der Waals surface area contributed by atoms with Crippen molar-refractivity contribution >= 4 is 17.6 Å². The highest BCUT2D eigenvalue weighted by Gasteiger charge is 2.26. The molecule has 0 radical (unpaired) electrons. The number of rotatable bonds is 6. The van der Waals surface area contributed by atoms with Crippen LogP contribution in [-0.2, 0) is 4.79 Å². The average molecular weight is 280 g/mol. The minimum Gasteiger partial charge on any atom is -0.480 e. The van der Waals surface area contributed by atoms with E-state index in [0.717, 1.165) is 4.90 Å². The fraction of sp³-hybridized carbons (Fsp3) is 0.385. The number of carboxylic acid groups (broad SMARTS) is 1. The van der Waals surface area contributed by atoms with E-state index in [-0.39, 0.29) is 11.3 Å². The largest absolute Gasteiger partial charge is 0.480 e. The number of carbonyl (C=O) groups excluding carboxylic acids is 1. The first kappa shape index (κ1) is 15.6. The van der Waals surface area contributed by atoms with Crippen LogP contribution in [0.25, 0.3) is 0 Å². The number of aliphatic carboxylic acids is 1. The Kier molecular flexibility index (Phi) is 5.19. The molecule has 0 heterocycles. The molecular formula is C13H16N2O5. The second kappa shape index (κ2) is 6.65. The zero-order valence-corrected chi connectivity index (χ0v) is 11.3. The summed E-state index contributed by atoms with van der Waals surface area (Å²) in [7, 11) is 1.41. The predicted molar refractivity (Wildman–Crippen MR) is 71.5 cm³/mol. The number of nitrogens with zero attached hydrogens (tertiary/aromatic N) is 2. The predicted octanol–water partition coefficient (Wildman–Crippen LogP) is 1.92. The highest BCUT2D eigenvalue weighted by atomic mass is 16.6. The lowest BCUT2D eigenvalue weighted by molar-refractivity contribution is -0.384. The second-order valence-electron chi connectivity index (χ2n) is 4.36. The average Bonchev–Trinajstić information content (AvgIpc) is 2.43. The van der Waals surface area contributed by atoms with Crippen LogP contribution >= 0.6 is 0 Å². The van der Waals surface area contributed by atoms with Crippen molar-refractivity contribution in [2.24, 2.45) is 0 Å². The van der Waals surface area contributed by atoms with E-state index in [9.17, 15) is 19.7 Å². The van der Waals surface area contributed by atoms with Crippen LogP contribution in [0.1, 0.15) is 30.1 Å². The molecule has 0 saturated heterocycles. The number of carboxylic acids is 1. The summed E-state index contributed by atoms with van der Waals surface area (Å²) >= 11 is 0. The Morgan fingerprint density at radius 3 is 2.30 bits per heavy atom. The number of hydrogen-bond donors (Lipinski definition) is 1. The van der Waals surface area contributed by atoms with Gasteiger partial charge in [-0.15, -0.1) is 0 Å². The lowest BCUT2D eigenvalue weighted by Gasteiger charge is -2.24. The molecule has 1 rings (SSSR count). The van der Waals surface area contributed by atoms with E-state index in [1.807, 2.05) is 6.92 Å². The van der Waals surface area contributed by atoms with E-state index in [1.54, 1.807) is 0 Å². The molecular weight excluding hydrogens is 264 g/mol. The van der Waals surface area contributed by atoms with Crippen molar-refractivity contribution in [3.05, 3.63) is 39.9 Å². The fourth-order valence-electron chi connectivity index (χ4n) is 1.83. The highest BCUT2D eigenvalue weighted by Crippen LogP contribution is 2.15. The van der Waals surface area contributed by atoms with E-state index in [0.29, 0.717) is 12.8 Å². The number of likely N-dealkylation sites (N-methyl/N-ethyl adjacent to an activating group) is 1. The van der Waals surface area contributed by atoms with Gasteiger partial charge in [0.25, 0.3) is 11.6 Å². The summed E-state index contributed by atoms with van der Waals surface area (Å²) in [6.07, 6.45) is 0.986. The SMILES string of the molecule is CCC[C@@H](C(=O)O)N(C)C(=O)c1ccc([N+](=O)[O-])cc1. The summed E-state index contributed by atoms with van der Waals surface area (Å²) in [6, 6.07) is 4.18. The summed E-state index contributed by atoms with van der Waals surface area (Å²) in [5.74, 6) is -1.54. The number of benzene rings is 1. The van der Waals surface area contributed by atoms with Crippen molar-refractivity contribution in [2.75, 3.05) is 7.05 Å². The van der Waals surface area contributed by atoms with Crippen molar-refractivity contribution in [3.8, 4) is 0 Å². The summed E-state index contributed by atoms with van der Waals surface area (Å²) in [6.45, 7) is 1.83. The third-order valence-electron chi connectivity index (χ3n) is 2.96. The molecule has 0 aliphatic heterocycles.